The lowest BCUT2D eigenvalue weighted by atomic mass is 9.94. The summed E-state index contributed by atoms with van der Waals surface area (Å²) in [5.41, 5.74) is -2.29. The van der Waals surface area contributed by atoms with E-state index in [9.17, 15) is 39.5 Å². The Kier molecular flexibility index (Phi) is 8.55. The molecule has 4 rings (SSSR count). The van der Waals surface area contributed by atoms with Crippen molar-refractivity contribution in [2.75, 3.05) is 20.3 Å². The number of rotatable bonds is 8. The van der Waals surface area contributed by atoms with Gasteiger partial charge in [0.2, 0.25) is 0 Å². The van der Waals surface area contributed by atoms with Crippen LogP contribution in [0.3, 0.4) is 0 Å². The fourth-order valence-corrected chi connectivity index (χ4v) is 4.36. The van der Waals surface area contributed by atoms with E-state index in [0.717, 1.165) is 30.3 Å². The average molecular weight is 580 g/mol. The molecule has 1 aliphatic rings. The molecule has 2 atom stereocenters. The highest BCUT2D eigenvalue weighted by atomic mass is 19.4. The second-order valence-corrected chi connectivity index (χ2v) is 9.03. The van der Waals surface area contributed by atoms with Crippen molar-refractivity contribution < 1.29 is 58.5 Å². The number of ether oxygens (including phenoxy) is 4. The zero-order chi connectivity index (χ0) is 29.2. The molecule has 0 aliphatic carbocycles. The van der Waals surface area contributed by atoms with Crippen molar-refractivity contribution in [2.45, 2.75) is 31.4 Å². The number of hydrogen-bond donors (Lipinski definition) is 0. The number of halogens is 9. The zero-order valence-electron chi connectivity index (χ0n) is 20.6. The van der Waals surface area contributed by atoms with Crippen LogP contribution in [0.4, 0.5) is 39.5 Å². The monoisotopic (exact) mass is 580 g/mol. The smallest absolute Gasteiger partial charge is 0.429 e. The Morgan fingerprint density at radius 3 is 2.05 bits per heavy atom. The van der Waals surface area contributed by atoms with Gasteiger partial charge in [-0.25, -0.2) is 17.6 Å². The summed E-state index contributed by atoms with van der Waals surface area (Å²) in [5.74, 6) is -7.77. The SMILES string of the molecule is COCC1CCC(c2cc(F)c(C(F)(F)Oc3ccc(-c4ccc(OC(F)(F)F)c(F)c4)c(F)c3)c(F)c2)OC1. The predicted molar refractivity (Wildman–Crippen MR) is 123 cm³/mol. The van der Waals surface area contributed by atoms with Crippen molar-refractivity contribution in [1.82, 2.24) is 0 Å². The molecule has 216 valence electrons. The fourth-order valence-electron chi connectivity index (χ4n) is 4.36. The van der Waals surface area contributed by atoms with Gasteiger partial charge in [0.25, 0.3) is 0 Å². The number of methoxy groups -OCH3 is 1. The minimum atomic E-state index is -5.16. The Labute approximate surface area is 222 Å². The van der Waals surface area contributed by atoms with Gasteiger partial charge in [0, 0.05) is 24.7 Å². The summed E-state index contributed by atoms with van der Waals surface area (Å²) in [5, 5.41) is 0. The Morgan fingerprint density at radius 2 is 1.50 bits per heavy atom. The third-order valence-corrected chi connectivity index (χ3v) is 6.16. The topological polar surface area (TPSA) is 36.9 Å². The van der Waals surface area contributed by atoms with Gasteiger partial charge in [0.05, 0.1) is 19.3 Å². The molecule has 0 amide bonds. The van der Waals surface area contributed by atoms with E-state index in [1.807, 2.05) is 0 Å². The molecular formula is C27H21F9O4. The maximum absolute atomic E-state index is 14.8. The highest BCUT2D eigenvalue weighted by Gasteiger charge is 2.42. The minimum Gasteiger partial charge on any atom is -0.429 e. The molecular weight excluding hydrogens is 559 g/mol. The van der Waals surface area contributed by atoms with Gasteiger partial charge in [-0.3, -0.25) is 0 Å². The molecule has 0 radical (unpaired) electrons. The number of alkyl halides is 5. The van der Waals surface area contributed by atoms with Crippen molar-refractivity contribution in [3.05, 3.63) is 82.9 Å². The molecule has 0 N–H and O–H groups in total. The Bertz CT molecular complexity index is 1330. The van der Waals surface area contributed by atoms with Gasteiger partial charge in [-0.1, -0.05) is 6.07 Å². The van der Waals surface area contributed by atoms with Crippen LogP contribution in [-0.2, 0) is 15.6 Å². The van der Waals surface area contributed by atoms with Crippen molar-refractivity contribution in [3.63, 3.8) is 0 Å². The van der Waals surface area contributed by atoms with E-state index < -0.39 is 58.9 Å². The molecule has 0 saturated carbocycles. The van der Waals surface area contributed by atoms with E-state index in [1.165, 1.54) is 7.11 Å². The minimum absolute atomic E-state index is 0.0275. The molecule has 2 unspecified atom stereocenters. The van der Waals surface area contributed by atoms with Gasteiger partial charge < -0.3 is 18.9 Å². The molecule has 1 saturated heterocycles. The molecule has 13 heteroatoms. The largest absolute Gasteiger partial charge is 0.573 e. The number of hydrogen-bond acceptors (Lipinski definition) is 4. The molecule has 3 aromatic rings. The summed E-state index contributed by atoms with van der Waals surface area (Å²) in [6, 6.07) is 5.68. The standard InChI is InChI=1S/C27H21F9O4/c1-37-12-14-2-6-23(38-13-14)16-9-21(30)25(22(31)10-16)26(32,33)39-17-4-5-18(19(28)11-17)15-3-7-24(20(29)8-15)40-27(34,35)36/h3-5,7-11,14,23H,2,6,12-13H2,1H3. The lowest BCUT2D eigenvalue weighted by Gasteiger charge is -2.29. The van der Waals surface area contributed by atoms with Crippen LogP contribution in [0, 0.1) is 29.2 Å². The van der Waals surface area contributed by atoms with Crippen LogP contribution in [0.15, 0.2) is 48.5 Å². The van der Waals surface area contributed by atoms with E-state index in [1.54, 1.807) is 0 Å². The van der Waals surface area contributed by atoms with Crippen LogP contribution >= 0.6 is 0 Å². The second-order valence-electron chi connectivity index (χ2n) is 9.03. The van der Waals surface area contributed by atoms with Crippen LogP contribution < -0.4 is 9.47 Å². The van der Waals surface area contributed by atoms with Gasteiger partial charge >= 0.3 is 12.5 Å². The van der Waals surface area contributed by atoms with Crippen molar-refractivity contribution in [1.29, 1.82) is 0 Å². The lowest BCUT2D eigenvalue weighted by molar-refractivity contribution is -0.275. The normalized spacial score (nSPS) is 18.1. The van der Waals surface area contributed by atoms with Crippen molar-refractivity contribution >= 4 is 0 Å². The average Bonchev–Trinajstić information content (AvgIpc) is 2.84. The van der Waals surface area contributed by atoms with Crippen LogP contribution in [-0.4, -0.2) is 26.7 Å². The summed E-state index contributed by atoms with van der Waals surface area (Å²) < 4.78 is 143. The summed E-state index contributed by atoms with van der Waals surface area (Å²) in [4.78, 5) is 0. The third kappa shape index (κ3) is 6.81. The van der Waals surface area contributed by atoms with Crippen molar-refractivity contribution in [2.24, 2.45) is 5.92 Å². The van der Waals surface area contributed by atoms with E-state index in [-0.39, 0.29) is 29.2 Å². The molecule has 0 aromatic heterocycles. The highest BCUT2D eigenvalue weighted by Crippen LogP contribution is 2.39. The van der Waals surface area contributed by atoms with Gasteiger partial charge in [-0.05, 0) is 60.4 Å². The van der Waals surface area contributed by atoms with Crippen LogP contribution in [0.25, 0.3) is 11.1 Å². The number of benzene rings is 3. The van der Waals surface area contributed by atoms with E-state index >= 15 is 0 Å². The van der Waals surface area contributed by atoms with Crippen LogP contribution in [0.1, 0.15) is 30.1 Å². The highest BCUT2D eigenvalue weighted by molar-refractivity contribution is 5.66. The molecule has 0 bridgehead atoms. The molecule has 40 heavy (non-hydrogen) atoms. The van der Waals surface area contributed by atoms with Gasteiger partial charge in [0.1, 0.15) is 28.8 Å². The molecule has 4 nitrogen and oxygen atoms in total. The zero-order valence-corrected chi connectivity index (χ0v) is 20.6. The lowest BCUT2D eigenvalue weighted by Crippen LogP contribution is -2.27. The molecule has 3 aromatic carbocycles. The van der Waals surface area contributed by atoms with E-state index in [2.05, 4.69) is 9.47 Å². The van der Waals surface area contributed by atoms with E-state index in [4.69, 9.17) is 9.47 Å². The molecule has 0 spiro atoms. The maximum Gasteiger partial charge on any atom is 0.573 e. The Hall–Kier alpha value is -3.45. The first-order chi connectivity index (χ1) is 18.8. The Morgan fingerprint density at radius 1 is 0.800 bits per heavy atom. The first kappa shape index (κ1) is 29.5. The second kappa shape index (κ2) is 11.6. The van der Waals surface area contributed by atoms with Gasteiger partial charge in [-0.15, -0.1) is 13.2 Å². The molecule has 1 aliphatic heterocycles. The van der Waals surface area contributed by atoms with Crippen molar-refractivity contribution in [3.8, 4) is 22.6 Å². The first-order valence-electron chi connectivity index (χ1n) is 11.8. The van der Waals surface area contributed by atoms with Crippen LogP contribution in [0.5, 0.6) is 11.5 Å². The summed E-state index contributed by atoms with van der Waals surface area (Å²) >= 11 is 0. The van der Waals surface area contributed by atoms with E-state index in [0.29, 0.717) is 37.6 Å². The summed E-state index contributed by atoms with van der Waals surface area (Å²) in [6.07, 6.45) is -9.40. The molecule has 1 heterocycles. The van der Waals surface area contributed by atoms with Gasteiger partial charge in [0.15, 0.2) is 11.6 Å². The maximum atomic E-state index is 14.8. The molecule has 1 fully saturated rings. The first-order valence-corrected chi connectivity index (χ1v) is 11.8. The summed E-state index contributed by atoms with van der Waals surface area (Å²) in [6.45, 7) is 0.710. The predicted octanol–water partition coefficient (Wildman–Crippen LogP) is 8.05. The quantitative estimate of drug-likeness (QED) is 0.253. The summed E-state index contributed by atoms with van der Waals surface area (Å²) in [7, 11) is 1.53. The third-order valence-electron chi connectivity index (χ3n) is 6.16. The van der Waals surface area contributed by atoms with Gasteiger partial charge in [-0.2, -0.15) is 8.78 Å². The fraction of sp³-hybridized carbons (Fsp3) is 0.333. The van der Waals surface area contributed by atoms with Crippen LogP contribution in [0.2, 0.25) is 0 Å². The Balaban J connectivity index is 1.51.